The molecule has 0 saturated carbocycles. The number of esters is 2. The van der Waals surface area contributed by atoms with Gasteiger partial charge in [0.1, 0.15) is 5.82 Å². The van der Waals surface area contributed by atoms with Gasteiger partial charge in [-0.1, -0.05) is 0 Å². The number of nitrogens with one attached hydrogen (secondary N) is 1. The lowest BCUT2D eigenvalue weighted by Gasteiger charge is -2.29. The molecule has 1 saturated heterocycles. The molecule has 0 aliphatic carbocycles. The lowest BCUT2D eigenvalue weighted by molar-refractivity contribution is -0.222. The van der Waals surface area contributed by atoms with Crippen LogP contribution in [0.3, 0.4) is 0 Å². The fourth-order valence-corrected chi connectivity index (χ4v) is 1.90. The zero-order chi connectivity index (χ0) is 14.9. The van der Waals surface area contributed by atoms with Crippen LogP contribution >= 0.6 is 15.9 Å². The normalized spacial score (nSPS) is 17.3. The van der Waals surface area contributed by atoms with Gasteiger partial charge in [-0.2, -0.15) is 0 Å². The summed E-state index contributed by atoms with van der Waals surface area (Å²) >= 11 is 3.21. The van der Waals surface area contributed by atoms with E-state index >= 15 is 0 Å². The molecule has 1 aromatic carbocycles. The van der Waals surface area contributed by atoms with E-state index < -0.39 is 23.5 Å². The Kier molecular flexibility index (Phi) is 3.80. The Hall–Kier alpha value is -1.89. The van der Waals surface area contributed by atoms with E-state index in [9.17, 15) is 14.0 Å². The first kappa shape index (κ1) is 14.5. The SMILES string of the molecule is CC1(C)OC(=O)C(=CNc2cc(F)ccc2Br)C(=O)O1. The summed E-state index contributed by atoms with van der Waals surface area (Å²) in [5.74, 6) is -3.34. The Bertz CT molecular complexity index is 590. The number of rotatable bonds is 2. The topological polar surface area (TPSA) is 64.6 Å². The molecule has 0 radical (unpaired) electrons. The summed E-state index contributed by atoms with van der Waals surface area (Å²) in [4.78, 5) is 23.4. The first-order valence-electron chi connectivity index (χ1n) is 5.67. The van der Waals surface area contributed by atoms with E-state index in [4.69, 9.17) is 9.47 Å². The smallest absolute Gasteiger partial charge is 0.350 e. The average Bonchev–Trinajstić information content (AvgIpc) is 2.30. The van der Waals surface area contributed by atoms with Crippen molar-refractivity contribution in [3.05, 3.63) is 40.3 Å². The van der Waals surface area contributed by atoms with Gasteiger partial charge >= 0.3 is 11.9 Å². The van der Waals surface area contributed by atoms with E-state index in [0.29, 0.717) is 10.2 Å². The number of carbonyl (C=O) groups excluding carboxylic acids is 2. The second-order valence-corrected chi connectivity index (χ2v) is 5.36. The summed E-state index contributed by atoms with van der Waals surface area (Å²) in [5.41, 5.74) is 0.0726. The van der Waals surface area contributed by atoms with E-state index in [2.05, 4.69) is 21.2 Å². The molecule has 106 valence electrons. The minimum Gasteiger partial charge on any atom is -0.419 e. The Morgan fingerprint density at radius 3 is 2.45 bits per heavy atom. The van der Waals surface area contributed by atoms with Crippen molar-refractivity contribution in [1.82, 2.24) is 0 Å². The third-order valence-electron chi connectivity index (χ3n) is 2.42. The summed E-state index contributed by atoms with van der Waals surface area (Å²) in [6.45, 7) is 2.91. The maximum absolute atomic E-state index is 13.1. The molecule has 1 N–H and O–H groups in total. The minimum atomic E-state index is -1.29. The maximum Gasteiger partial charge on any atom is 0.350 e. The summed E-state index contributed by atoms with van der Waals surface area (Å²) in [6.07, 6.45) is 1.12. The molecule has 1 aromatic rings. The molecule has 0 atom stereocenters. The Morgan fingerprint density at radius 2 is 1.85 bits per heavy atom. The van der Waals surface area contributed by atoms with Gasteiger partial charge in [0.15, 0.2) is 5.57 Å². The number of anilines is 1. The molecular formula is C13H11BrFNO4. The Labute approximate surface area is 122 Å². The highest BCUT2D eigenvalue weighted by atomic mass is 79.9. The zero-order valence-electron chi connectivity index (χ0n) is 10.7. The van der Waals surface area contributed by atoms with Gasteiger partial charge in [0.25, 0.3) is 5.79 Å². The molecule has 0 spiro atoms. The highest BCUT2D eigenvalue weighted by molar-refractivity contribution is 9.10. The van der Waals surface area contributed by atoms with E-state index in [0.717, 1.165) is 6.20 Å². The van der Waals surface area contributed by atoms with Gasteiger partial charge in [-0.15, -0.1) is 0 Å². The third kappa shape index (κ3) is 3.16. The van der Waals surface area contributed by atoms with Crippen LogP contribution < -0.4 is 5.32 Å². The molecular weight excluding hydrogens is 333 g/mol. The van der Waals surface area contributed by atoms with E-state index in [-0.39, 0.29) is 5.57 Å². The Balaban J connectivity index is 2.21. The molecule has 7 heteroatoms. The van der Waals surface area contributed by atoms with Crippen LogP contribution in [0.25, 0.3) is 0 Å². The summed E-state index contributed by atoms with van der Waals surface area (Å²) in [7, 11) is 0. The Morgan fingerprint density at radius 1 is 1.25 bits per heavy atom. The van der Waals surface area contributed by atoms with E-state index in [1.807, 2.05) is 0 Å². The number of halogens is 2. The molecule has 1 aliphatic rings. The van der Waals surface area contributed by atoms with Crippen molar-refractivity contribution in [2.75, 3.05) is 5.32 Å². The van der Waals surface area contributed by atoms with Crippen LogP contribution in [0.5, 0.6) is 0 Å². The molecule has 1 fully saturated rings. The van der Waals surface area contributed by atoms with Gasteiger partial charge < -0.3 is 14.8 Å². The molecule has 0 bridgehead atoms. The van der Waals surface area contributed by atoms with Crippen LogP contribution in [-0.4, -0.2) is 17.7 Å². The quantitative estimate of drug-likeness (QED) is 0.508. The maximum atomic E-state index is 13.1. The van der Waals surface area contributed by atoms with Crippen LogP contribution in [0.2, 0.25) is 0 Å². The van der Waals surface area contributed by atoms with Crippen molar-refractivity contribution < 1.29 is 23.5 Å². The standard InChI is InChI=1S/C13H11BrFNO4/c1-13(2)19-11(17)8(12(18)20-13)6-16-10-5-7(15)3-4-9(10)14/h3-6,16H,1-2H3. The number of cyclic esters (lactones) is 2. The minimum absolute atomic E-state index is 0.291. The summed E-state index contributed by atoms with van der Waals surface area (Å²) < 4.78 is 23.5. The number of ether oxygens (including phenoxy) is 2. The molecule has 0 aromatic heterocycles. The monoisotopic (exact) mass is 343 g/mol. The lowest BCUT2D eigenvalue weighted by Crippen LogP contribution is -2.42. The second-order valence-electron chi connectivity index (χ2n) is 4.51. The predicted octanol–water partition coefficient (Wildman–Crippen LogP) is 2.72. The third-order valence-corrected chi connectivity index (χ3v) is 3.11. The number of hydrogen-bond acceptors (Lipinski definition) is 5. The largest absolute Gasteiger partial charge is 0.419 e. The molecule has 0 amide bonds. The van der Waals surface area contributed by atoms with Crippen molar-refractivity contribution in [2.45, 2.75) is 19.6 Å². The lowest BCUT2D eigenvalue weighted by atomic mass is 10.2. The molecule has 1 aliphatic heterocycles. The first-order valence-corrected chi connectivity index (χ1v) is 6.46. The van der Waals surface area contributed by atoms with Gasteiger partial charge in [-0.3, -0.25) is 0 Å². The van der Waals surface area contributed by atoms with Crippen molar-refractivity contribution in [1.29, 1.82) is 0 Å². The van der Waals surface area contributed by atoms with Crippen LogP contribution in [0.4, 0.5) is 10.1 Å². The summed E-state index contributed by atoms with van der Waals surface area (Å²) in [5, 5.41) is 2.66. The second kappa shape index (κ2) is 5.24. The molecule has 0 unspecified atom stereocenters. The van der Waals surface area contributed by atoms with Gasteiger partial charge in [0.2, 0.25) is 0 Å². The summed E-state index contributed by atoms with van der Waals surface area (Å²) in [6, 6.07) is 3.98. The molecule has 2 rings (SSSR count). The van der Waals surface area contributed by atoms with Crippen molar-refractivity contribution in [2.24, 2.45) is 0 Å². The van der Waals surface area contributed by atoms with Crippen LogP contribution in [0.15, 0.2) is 34.4 Å². The first-order chi connectivity index (χ1) is 9.28. The van der Waals surface area contributed by atoms with Crippen molar-refractivity contribution in [3.63, 3.8) is 0 Å². The van der Waals surface area contributed by atoms with Gasteiger partial charge in [0.05, 0.1) is 5.69 Å². The number of hydrogen-bond donors (Lipinski definition) is 1. The van der Waals surface area contributed by atoms with E-state index in [1.54, 1.807) is 0 Å². The van der Waals surface area contributed by atoms with E-state index in [1.165, 1.54) is 32.0 Å². The van der Waals surface area contributed by atoms with Crippen LogP contribution in [0, 0.1) is 5.82 Å². The van der Waals surface area contributed by atoms with Crippen LogP contribution in [0.1, 0.15) is 13.8 Å². The number of benzene rings is 1. The van der Waals surface area contributed by atoms with Crippen molar-refractivity contribution in [3.8, 4) is 0 Å². The number of carbonyl (C=O) groups is 2. The van der Waals surface area contributed by atoms with Crippen molar-refractivity contribution >= 4 is 33.6 Å². The zero-order valence-corrected chi connectivity index (χ0v) is 12.3. The molecule has 5 nitrogen and oxygen atoms in total. The predicted molar refractivity (Wildman–Crippen MR) is 72.1 cm³/mol. The van der Waals surface area contributed by atoms with Gasteiger partial charge in [0, 0.05) is 24.5 Å². The fourth-order valence-electron chi connectivity index (χ4n) is 1.54. The highest BCUT2D eigenvalue weighted by Gasteiger charge is 2.38. The molecule has 1 heterocycles. The fraction of sp³-hybridized carbons (Fsp3) is 0.231. The average molecular weight is 344 g/mol. The van der Waals surface area contributed by atoms with Crippen LogP contribution in [-0.2, 0) is 19.1 Å². The van der Waals surface area contributed by atoms with Gasteiger partial charge in [-0.25, -0.2) is 14.0 Å². The highest BCUT2D eigenvalue weighted by Crippen LogP contribution is 2.25. The molecule has 20 heavy (non-hydrogen) atoms. The van der Waals surface area contributed by atoms with Gasteiger partial charge in [-0.05, 0) is 34.1 Å².